The molecule has 0 aliphatic rings. The highest BCUT2D eigenvalue weighted by atomic mass is 32.2. The summed E-state index contributed by atoms with van der Waals surface area (Å²) in [4.78, 5) is 12.4. The average molecular weight is 453 g/mol. The minimum absolute atomic E-state index is 0.0927. The number of ether oxygens (including phenoxy) is 1. The number of hydrogen-bond donors (Lipinski definition) is 2. The van der Waals surface area contributed by atoms with Gasteiger partial charge in [0.15, 0.2) is 0 Å². The molecule has 2 N–H and O–H groups in total. The molecule has 3 rings (SSSR count). The Bertz CT molecular complexity index is 1170. The molecule has 0 aliphatic heterocycles. The Labute approximate surface area is 189 Å². The summed E-state index contributed by atoms with van der Waals surface area (Å²) in [6.07, 6.45) is 1.98. The van der Waals surface area contributed by atoms with Gasteiger partial charge in [-0.25, -0.2) is 8.42 Å². The summed E-state index contributed by atoms with van der Waals surface area (Å²) < 4.78 is 33.3. The molecule has 0 unspecified atom stereocenters. The minimum Gasteiger partial charge on any atom is -0.495 e. The van der Waals surface area contributed by atoms with Gasteiger partial charge in [0.1, 0.15) is 5.75 Å². The van der Waals surface area contributed by atoms with Crippen LogP contribution in [0.15, 0.2) is 71.6 Å². The molecule has 3 aromatic carbocycles. The van der Waals surface area contributed by atoms with Gasteiger partial charge in [0.05, 0.1) is 17.7 Å². The first-order valence-corrected chi connectivity index (χ1v) is 11.9. The second-order valence-electron chi connectivity index (χ2n) is 7.55. The molecule has 7 heteroatoms. The van der Waals surface area contributed by atoms with Crippen LogP contribution in [0.4, 0.5) is 11.4 Å². The molecule has 0 saturated carbocycles. The Kier molecular flexibility index (Phi) is 7.53. The van der Waals surface area contributed by atoms with E-state index in [0.29, 0.717) is 30.0 Å². The van der Waals surface area contributed by atoms with Crippen molar-refractivity contribution in [3.8, 4) is 5.75 Å². The molecule has 0 radical (unpaired) electrons. The largest absolute Gasteiger partial charge is 0.495 e. The Morgan fingerprint density at radius 2 is 1.59 bits per heavy atom. The van der Waals surface area contributed by atoms with Crippen molar-refractivity contribution in [2.45, 2.75) is 38.0 Å². The lowest BCUT2D eigenvalue weighted by Crippen LogP contribution is -2.15. The van der Waals surface area contributed by atoms with Crippen molar-refractivity contribution in [1.29, 1.82) is 0 Å². The summed E-state index contributed by atoms with van der Waals surface area (Å²) in [6.45, 7) is 3.98. The molecule has 0 spiro atoms. The molecule has 1 amide bonds. The number of carbonyl (C=O) groups is 1. The summed E-state index contributed by atoms with van der Waals surface area (Å²) >= 11 is 0. The Morgan fingerprint density at radius 3 is 2.22 bits per heavy atom. The highest BCUT2D eigenvalue weighted by Gasteiger charge is 2.17. The summed E-state index contributed by atoms with van der Waals surface area (Å²) in [6, 6.07) is 19.6. The van der Waals surface area contributed by atoms with Gasteiger partial charge in [-0.1, -0.05) is 37.3 Å². The molecule has 0 heterocycles. The van der Waals surface area contributed by atoms with Crippen molar-refractivity contribution < 1.29 is 17.9 Å². The van der Waals surface area contributed by atoms with Crippen LogP contribution in [0.3, 0.4) is 0 Å². The van der Waals surface area contributed by atoms with Gasteiger partial charge in [-0.2, -0.15) is 0 Å². The van der Waals surface area contributed by atoms with E-state index in [1.54, 1.807) is 24.3 Å². The van der Waals surface area contributed by atoms with E-state index in [2.05, 4.69) is 29.1 Å². The van der Waals surface area contributed by atoms with E-state index in [0.717, 1.165) is 17.5 Å². The van der Waals surface area contributed by atoms with E-state index < -0.39 is 10.0 Å². The number of hydrogen-bond acceptors (Lipinski definition) is 4. The molecule has 0 bridgehead atoms. The number of benzene rings is 3. The lowest BCUT2D eigenvalue weighted by molar-refractivity contribution is -0.116. The molecule has 0 atom stereocenters. The van der Waals surface area contributed by atoms with Crippen molar-refractivity contribution in [1.82, 2.24) is 0 Å². The zero-order chi connectivity index (χ0) is 23.1. The topological polar surface area (TPSA) is 84.5 Å². The number of amides is 1. The van der Waals surface area contributed by atoms with Gasteiger partial charge in [-0.15, -0.1) is 0 Å². The van der Waals surface area contributed by atoms with E-state index in [4.69, 9.17) is 4.74 Å². The molecule has 0 fully saturated rings. The van der Waals surface area contributed by atoms with Crippen LogP contribution >= 0.6 is 0 Å². The van der Waals surface area contributed by atoms with Crippen molar-refractivity contribution in [2.75, 3.05) is 17.1 Å². The van der Waals surface area contributed by atoms with E-state index in [1.807, 2.05) is 25.1 Å². The van der Waals surface area contributed by atoms with Crippen LogP contribution < -0.4 is 14.8 Å². The van der Waals surface area contributed by atoms with Crippen molar-refractivity contribution in [3.05, 3.63) is 83.4 Å². The Hall–Kier alpha value is -3.32. The first-order valence-electron chi connectivity index (χ1n) is 10.5. The first-order chi connectivity index (χ1) is 15.3. The minimum atomic E-state index is -3.80. The summed E-state index contributed by atoms with van der Waals surface area (Å²) in [5, 5.41) is 2.81. The standard InChI is InChI=1S/C25H28N2O4S/c1-4-19-6-8-20(9-7-19)10-16-25(28)26-21-11-13-22(14-12-21)32(29,30)27-23-17-18(2)5-15-24(23)31-3/h5-9,11-15,17,27H,4,10,16H2,1-3H3,(H,26,28). The maximum absolute atomic E-state index is 12.8. The predicted molar refractivity (Wildman–Crippen MR) is 128 cm³/mol. The highest BCUT2D eigenvalue weighted by Crippen LogP contribution is 2.28. The SMILES string of the molecule is CCc1ccc(CCC(=O)Nc2ccc(S(=O)(=O)Nc3cc(C)ccc3OC)cc2)cc1. The second kappa shape index (κ2) is 10.3. The fourth-order valence-electron chi connectivity index (χ4n) is 3.25. The van der Waals surface area contributed by atoms with Gasteiger partial charge < -0.3 is 10.1 Å². The van der Waals surface area contributed by atoms with Gasteiger partial charge in [0.2, 0.25) is 5.91 Å². The van der Waals surface area contributed by atoms with Gasteiger partial charge in [0.25, 0.3) is 10.0 Å². The molecule has 168 valence electrons. The van der Waals surface area contributed by atoms with E-state index in [1.165, 1.54) is 24.8 Å². The van der Waals surface area contributed by atoms with Crippen LogP contribution in [0.2, 0.25) is 0 Å². The number of anilines is 2. The molecule has 0 saturated heterocycles. The molecule has 6 nitrogen and oxygen atoms in total. The quantitative estimate of drug-likeness (QED) is 0.482. The average Bonchev–Trinajstić information content (AvgIpc) is 2.78. The number of carbonyl (C=O) groups excluding carboxylic acids is 1. The molecule has 32 heavy (non-hydrogen) atoms. The molecular formula is C25H28N2O4S. The summed E-state index contributed by atoms with van der Waals surface area (Å²) in [5.74, 6) is 0.315. The van der Waals surface area contributed by atoms with Crippen LogP contribution in [0.5, 0.6) is 5.75 Å². The molecule has 0 aromatic heterocycles. The fourth-order valence-corrected chi connectivity index (χ4v) is 4.31. The van der Waals surface area contributed by atoms with Crippen LogP contribution in [0, 0.1) is 6.92 Å². The predicted octanol–water partition coefficient (Wildman–Crippen LogP) is 4.94. The van der Waals surface area contributed by atoms with Crippen LogP contribution in [-0.4, -0.2) is 21.4 Å². The Balaban J connectivity index is 1.61. The van der Waals surface area contributed by atoms with Crippen LogP contribution in [0.25, 0.3) is 0 Å². The normalized spacial score (nSPS) is 11.1. The van der Waals surface area contributed by atoms with Gasteiger partial charge >= 0.3 is 0 Å². The third kappa shape index (κ3) is 6.11. The van der Waals surface area contributed by atoms with Gasteiger partial charge in [0, 0.05) is 12.1 Å². The lowest BCUT2D eigenvalue weighted by atomic mass is 10.1. The highest BCUT2D eigenvalue weighted by molar-refractivity contribution is 7.92. The third-order valence-corrected chi connectivity index (χ3v) is 6.50. The van der Waals surface area contributed by atoms with Crippen molar-refractivity contribution in [3.63, 3.8) is 0 Å². The van der Waals surface area contributed by atoms with E-state index in [9.17, 15) is 13.2 Å². The first kappa shape index (κ1) is 23.3. The van der Waals surface area contributed by atoms with E-state index >= 15 is 0 Å². The summed E-state index contributed by atoms with van der Waals surface area (Å²) in [5.41, 5.74) is 4.20. The molecular weight excluding hydrogens is 424 g/mol. The van der Waals surface area contributed by atoms with Crippen molar-refractivity contribution >= 4 is 27.3 Å². The smallest absolute Gasteiger partial charge is 0.262 e. The number of aryl methyl sites for hydroxylation is 3. The number of methoxy groups -OCH3 is 1. The lowest BCUT2D eigenvalue weighted by Gasteiger charge is -2.13. The monoisotopic (exact) mass is 452 g/mol. The van der Waals surface area contributed by atoms with Gasteiger partial charge in [-0.05, 0) is 72.9 Å². The van der Waals surface area contributed by atoms with Crippen molar-refractivity contribution in [2.24, 2.45) is 0 Å². The van der Waals surface area contributed by atoms with E-state index in [-0.39, 0.29) is 10.8 Å². The zero-order valence-electron chi connectivity index (χ0n) is 18.5. The molecule has 0 aliphatic carbocycles. The fraction of sp³-hybridized carbons (Fsp3) is 0.240. The molecule has 3 aromatic rings. The third-order valence-electron chi connectivity index (χ3n) is 5.12. The number of nitrogens with one attached hydrogen (secondary N) is 2. The number of sulfonamides is 1. The maximum Gasteiger partial charge on any atom is 0.262 e. The maximum atomic E-state index is 12.8. The zero-order valence-corrected chi connectivity index (χ0v) is 19.3. The Morgan fingerprint density at radius 1 is 0.938 bits per heavy atom. The number of rotatable bonds is 9. The second-order valence-corrected chi connectivity index (χ2v) is 9.23. The van der Waals surface area contributed by atoms with Crippen LogP contribution in [-0.2, 0) is 27.7 Å². The summed E-state index contributed by atoms with van der Waals surface area (Å²) in [7, 11) is -2.32. The van der Waals surface area contributed by atoms with Gasteiger partial charge in [-0.3, -0.25) is 9.52 Å². The van der Waals surface area contributed by atoms with Crippen LogP contribution in [0.1, 0.15) is 30.0 Å².